The van der Waals surface area contributed by atoms with E-state index < -0.39 is 0 Å². The molecule has 0 N–H and O–H groups in total. The third-order valence-electron chi connectivity index (χ3n) is 23.5. The van der Waals surface area contributed by atoms with E-state index in [0.717, 1.165) is 125 Å². The molecule has 0 atom stereocenters. The van der Waals surface area contributed by atoms with Crippen molar-refractivity contribution in [3.05, 3.63) is 400 Å². The fourth-order valence-electron chi connectivity index (χ4n) is 18.0. The van der Waals surface area contributed by atoms with Crippen LogP contribution in [0.3, 0.4) is 0 Å². The van der Waals surface area contributed by atoms with Crippen molar-refractivity contribution in [2.45, 2.75) is 0 Å². The second-order valence-corrected chi connectivity index (χ2v) is 32.3. The van der Waals surface area contributed by atoms with Crippen molar-refractivity contribution in [3.8, 4) is 146 Å². The van der Waals surface area contributed by atoms with Crippen molar-refractivity contribution in [1.29, 1.82) is 0 Å². The predicted octanol–water partition coefficient (Wildman–Crippen LogP) is 30.2. The fourth-order valence-corrected chi connectivity index (χ4v) is 20.4. The van der Waals surface area contributed by atoms with Crippen LogP contribution in [0.15, 0.2) is 400 Å². The van der Waals surface area contributed by atoms with Crippen molar-refractivity contribution in [3.63, 3.8) is 0 Å². The SMILES string of the molecule is c1ccc(-c2nc(-c3c(-c4ccc(-c5ccc(-c6ccc(-c7cccc8sc9c(-c%10nc(-c%11ccccc%11)nc(-c%11c(-c%12ccc(-c%13ccc(-c%14ccccc%14)c%14ccccc%13%14)cc%12)ccc%12ccccc%11%12)n%10)cccc9c78)cc6)c6ccccc56)c5ccccc45)ccc4ccccc34)nc(-c3cccc4c3sc3ccccc34)n2)cc1. The maximum absolute atomic E-state index is 5.61. The van der Waals surface area contributed by atoms with E-state index in [1.165, 1.54) is 80.5 Å². The minimum atomic E-state index is 0.611. The molecule has 0 bridgehead atoms. The Morgan fingerprint density at radius 1 is 0.144 bits per heavy atom. The van der Waals surface area contributed by atoms with Crippen molar-refractivity contribution in [1.82, 2.24) is 29.9 Å². The van der Waals surface area contributed by atoms with E-state index in [9.17, 15) is 0 Å². The van der Waals surface area contributed by atoms with Crippen LogP contribution in [0.1, 0.15) is 0 Å². The number of benzene rings is 19. The first-order valence-corrected chi connectivity index (χ1v) is 41.5. The minimum Gasteiger partial charge on any atom is -0.208 e. The lowest BCUT2D eigenvalue weighted by molar-refractivity contribution is 1.08. The molecule has 0 saturated carbocycles. The van der Waals surface area contributed by atoms with Gasteiger partial charge in [-0.15, -0.1) is 22.7 Å². The molecule has 4 heterocycles. The molecule has 0 aliphatic rings. The summed E-state index contributed by atoms with van der Waals surface area (Å²) in [7, 11) is 0. The molecule has 0 amide bonds. The number of hydrogen-bond donors (Lipinski definition) is 0. The van der Waals surface area contributed by atoms with Crippen molar-refractivity contribution in [2.24, 2.45) is 0 Å². The van der Waals surface area contributed by atoms with E-state index in [1.54, 1.807) is 22.7 Å². The summed E-state index contributed by atoms with van der Waals surface area (Å²) in [5.41, 5.74) is 21.6. The molecule has 118 heavy (non-hydrogen) atoms. The monoisotopic (exact) mass is 1530 g/mol. The highest BCUT2D eigenvalue weighted by molar-refractivity contribution is 7.26. The van der Waals surface area contributed by atoms with Crippen LogP contribution in [0.5, 0.6) is 0 Å². The second-order valence-electron chi connectivity index (χ2n) is 30.1. The van der Waals surface area contributed by atoms with Gasteiger partial charge in [0, 0.05) is 73.7 Å². The van der Waals surface area contributed by atoms with Gasteiger partial charge < -0.3 is 0 Å². The standard InChI is InChI=1S/C110H66N6S2/c1-4-25-67(26-5-1)76-61-62-77(84-36-15-14-35-83(76)84)70-51-55-73(56-52-70)82-59-57-68-27-10-12-33-80(68)101(82)109-113-105(74-29-6-2-7-30-74)112-108(115-109)97-46-23-44-95-100-79(42-24-48-99(100)118-104(95)97)72-53-49-71(50-54-72)78-63-64-89(86-38-17-16-37-85(78)86)90-65-66-91(88-40-19-18-39-87(88)90)93-60-58-69-28-11-13-34-81(69)102(93)110-114-106(75-31-8-3-9-32-75)111-107(116-110)96-45-22-43-94-92-41-20-21-47-98(92)117-103(94)96/h1-66H. The Bertz CT molecular complexity index is 7980. The minimum absolute atomic E-state index is 0.611. The maximum atomic E-state index is 5.61. The summed E-state index contributed by atoms with van der Waals surface area (Å²) in [6.45, 7) is 0. The Labute approximate surface area is 688 Å². The zero-order valence-corrected chi connectivity index (χ0v) is 65.2. The number of thiophene rings is 2. The van der Waals surface area contributed by atoms with Gasteiger partial charge in [-0.2, -0.15) is 0 Å². The van der Waals surface area contributed by atoms with Crippen LogP contribution < -0.4 is 0 Å². The Balaban J connectivity index is 0.598. The molecule has 4 aromatic heterocycles. The summed E-state index contributed by atoms with van der Waals surface area (Å²) in [6, 6.07) is 144. The number of hydrogen-bond acceptors (Lipinski definition) is 8. The molecule has 0 aliphatic heterocycles. The topological polar surface area (TPSA) is 77.3 Å². The molecule has 0 aliphatic carbocycles. The van der Waals surface area contributed by atoms with Gasteiger partial charge in [0.05, 0.1) is 0 Å². The first-order chi connectivity index (χ1) is 58.5. The van der Waals surface area contributed by atoms with Gasteiger partial charge in [0.1, 0.15) is 0 Å². The third kappa shape index (κ3) is 11.7. The predicted molar refractivity (Wildman–Crippen MR) is 497 cm³/mol. The Morgan fingerprint density at radius 3 is 0.941 bits per heavy atom. The van der Waals surface area contributed by atoms with Crippen LogP contribution in [0.4, 0.5) is 0 Å². The van der Waals surface area contributed by atoms with Crippen LogP contribution in [0.25, 0.3) is 240 Å². The first-order valence-electron chi connectivity index (χ1n) is 39.9. The normalized spacial score (nSPS) is 11.7. The van der Waals surface area contributed by atoms with Gasteiger partial charge in [-0.05, 0) is 156 Å². The molecule has 548 valence electrons. The van der Waals surface area contributed by atoms with Crippen LogP contribution >= 0.6 is 22.7 Å². The molecule has 6 nitrogen and oxygen atoms in total. The van der Waals surface area contributed by atoms with Gasteiger partial charge in [0.15, 0.2) is 34.9 Å². The van der Waals surface area contributed by atoms with Crippen LogP contribution in [0.2, 0.25) is 0 Å². The largest absolute Gasteiger partial charge is 0.208 e. The second kappa shape index (κ2) is 28.5. The molecule has 0 saturated heterocycles. The summed E-state index contributed by atoms with van der Waals surface area (Å²) < 4.78 is 4.69. The van der Waals surface area contributed by atoms with Crippen molar-refractivity contribution < 1.29 is 0 Å². The van der Waals surface area contributed by atoms with E-state index in [1.807, 2.05) is 24.3 Å². The van der Waals surface area contributed by atoms with E-state index in [0.29, 0.717) is 34.9 Å². The van der Waals surface area contributed by atoms with Gasteiger partial charge in [-0.25, -0.2) is 29.9 Å². The zero-order valence-electron chi connectivity index (χ0n) is 63.6. The van der Waals surface area contributed by atoms with Crippen molar-refractivity contribution >= 4 is 117 Å². The summed E-state index contributed by atoms with van der Waals surface area (Å²) >= 11 is 3.58. The lowest BCUT2D eigenvalue weighted by atomic mass is 9.86. The van der Waals surface area contributed by atoms with Crippen molar-refractivity contribution in [2.75, 3.05) is 0 Å². The summed E-state index contributed by atoms with van der Waals surface area (Å²) in [6.07, 6.45) is 0. The third-order valence-corrected chi connectivity index (χ3v) is 25.9. The fraction of sp³-hybridized carbons (Fsp3) is 0. The average molecular weight is 1540 g/mol. The summed E-state index contributed by atoms with van der Waals surface area (Å²) in [5, 5.41) is 16.2. The molecule has 23 rings (SSSR count). The zero-order chi connectivity index (χ0) is 77.7. The molecule has 0 radical (unpaired) electrons. The van der Waals surface area contributed by atoms with E-state index >= 15 is 0 Å². The molecular weight excluding hydrogens is 1470 g/mol. The highest BCUT2D eigenvalue weighted by atomic mass is 32.1. The first kappa shape index (κ1) is 68.5. The van der Waals surface area contributed by atoms with Gasteiger partial charge in [0.2, 0.25) is 0 Å². The van der Waals surface area contributed by atoms with E-state index in [-0.39, 0.29) is 0 Å². The molecule has 0 fully saturated rings. The van der Waals surface area contributed by atoms with Crippen LogP contribution in [-0.2, 0) is 0 Å². The summed E-state index contributed by atoms with van der Waals surface area (Å²) in [4.78, 5) is 32.8. The van der Waals surface area contributed by atoms with Gasteiger partial charge in [-0.3, -0.25) is 0 Å². The molecule has 0 unspecified atom stereocenters. The highest BCUT2D eigenvalue weighted by Crippen LogP contribution is 2.50. The lowest BCUT2D eigenvalue weighted by Crippen LogP contribution is -2.02. The lowest BCUT2D eigenvalue weighted by Gasteiger charge is -2.18. The number of fused-ring (bicyclic) bond motifs is 11. The molecular formula is C110H66N6S2. The highest BCUT2D eigenvalue weighted by Gasteiger charge is 2.26. The average Bonchev–Trinajstić information content (AvgIpc) is 1.03. The van der Waals surface area contributed by atoms with E-state index in [2.05, 4.69) is 376 Å². The quantitative estimate of drug-likeness (QED) is 0.114. The van der Waals surface area contributed by atoms with E-state index in [4.69, 9.17) is 29.9 Å². The maximum Gasteiger partial charge on any atom is 0.165 e. The van der Waals surface area contributed by atoms with Gasteiger partial charge >= 0.3 is 0 Å². The Hall–Kier alpha value is -15.1. The molecule has 8 heteroatoms. The number of nitrogens with zero attached hydrogens (tertiary/aromatic N) is 6. The Kier molecular flexibility index (Phi) is 16.5. The molecule has 19 aromatic carbocycles. The molecule has 0 spiro atoms. The van der Waals surface area contributed by atoms with Gasteiger partial charge in [0.25, 0.3) is 0 Å². The van der Waals surface area contributed by atoms with Crippen LogP contribution in [0, 0.1) is 0 Å². The van der Waals surface area contributed by atoms with Crippen LogP contribution in [-0.4, -0.2) is 29.9 Å². The number of aromatic nitrogens is 6. The Morgan fingerprint density at radius 2 is 0.441 bits per heavy atom. The smallest absolute Gasteiger partial charge is 0.165 e. The molecule has 23 aromatic rings. The van der Waals surface area contributed by atoms with Gasteiger partial charge in [-0.1, -0.05) is 376 Å². The number of rotatable bonds is 13. The summed E-state index contributed by atoms with van der Waals surface area (Å²) in [5.74, 6) is 3.72.